The maximum atomic E-state index is 3.42. The molecule has 16 heavy (non-hydrogen) atoms. The van der Waals surface area contributed by atoms with Gasteiger partial charge in [0.2, 0.25) is 0 Å². The highest BCUT2D eigenvalue weighted by atomic mass is 15.1. The van der Waals surface area contributed by atoms with Crippen LogP contribution >= 0.6 is 0 Å². The molecule has 0 saturated carbocycles. The molecule has 1 N–H and O–H groups in total. The summed E-state index contributed by atoms with van der Waals surface area (Å²) >= 11 is 0. The summed E-state index contributed by atoms with van der Waals surface area (Å²) in [5.74, 6) is 0. The highest BCUT2D eigenvalue weighted by Gasteiger charge is 2.18. The van der Waals surface area contributed by atoms with E-state index in [9.17, 15) is 0 Å². The second kappa shape index (κ2) is 4.88. The van der Waals surface area contributed by atoms with Crippen molar-refractivity contribution < 1.29 is 0 Å². The number of aryl methyl sites for hydroxylation is 2. The Bertz CT molecular complexity index is 334. The zero-order chi connectivity index (χ0) is 11.5. The molecule has 1 aliphatic heterocycles. The van der Waals surface area contributed by atoms with Gasteiger partial charge in [-0.2, -0.15) is 0 Å². The quantitative estimate of drug-likeness (QED) is 0.820. The number of piperidine rings is 1. The lowest BCUT2D eigenvalue weighted by molar-refractivity contribution is 0.443. The molecule has 0 aliphatic carbocycles. The van der Waals surface area contributed by atoms with Gasteiger partial charge in [-0.05, 0) is 63.0 Å². The number of hydrogen-bond donors (Lipinski definition) is 1. The van der Waals surface area contributed by atoms with E-state index in [0.717, 1.165) is 13.1 Å². The smallest absolute Gasteiger partial charge is 0.0371 e. The minimum absolute atomic E-state index is 0.697. The van der Waals surface area contributed by atoms with Crippen molar-refractivity contribution in [2.45, 2.75) is 32.7 Å². The van der Waals surface area contributed by atoms with Gasteiger partial charge >= 0.3 is 0 Å². The number of benzene rings is 1. The Hall–Kier alpha value is -1.02. The monoisotopic (exact) mass is 218 g/mol. The predicted octanol–water partition coefficient (Wildman–Crippen LogP) is 2.49. The van der Waals surface area contributed by atoms with E-state index in [4.69, 9.17) is 0 Å². The first-order chi connectivity index (χ1) is 7.66. The molecule has 2 rings (SSSR count). The van der Waals surface area contributed by atoms with Crippen molar-refractivity contribution in [3.05, 3.63) is 29.3 Å². The molecule has 0 unspecified atom stereocenters. The molecule has 1 fully saturated rings. The molecule has 0 spiro atoms. The summed E-state index contributed by atoms with van der Waals surface area (Å²) < 4.78 is 0. The molecular formula is C14H22N2. The van der Waals surface area contributed by atoms with Gasteiger partial charge in [0.25, 0.3) is 0 Å². The molecule has 1 aromatic rings. The van der Waals surface area contributed by atoms with E-state index < -0.39 is 0 Å². The zero-order valence-electron chi connectivity index (χ0n) is 10.6. The van der Waals surface area contributed by atoms with E-state index in [1.54, 1.807) is 0 Å². The second-order valence-corrected chi connectivity index (χ2v) is 4.94. The molecule has 0 radical (unpaired) electrons. The van der Waals surface area contributed by atoms with Gasteiger partial charge in [-0.25, -0.2) is 0 Å². The van der Waals surface area contributed by atoms with Crippen molar-refractivity contribution in [3.8, 4) is 0 Å². The maximum Gasteiger partial charge on any atom is 0.0371 e. The summed E-state index contributed by atoms with van der Waals surface area (Å²) in [5.41, 5.74) is 4.08. The fourth-order valence-electron chi connectivity index (χ4n) is 2.56. The van der Waals surface area contributed by atoms with E-state index in [-0.39, 0.29) is 0 Å². The van der Waals surface area contributed by atoms with Crippen LogP contribution in [-0.2, 0) is 0 Å². The molecule has 1 aromatic carbocycles. The molecule has 0 atom stereocenters. The Morgan fingerprint density at radius 3 is 2.19 bits per heavy atom. The second-order valence-electron chi connectivity index (χ2n) is 4.94. The van der Waals surface area contributed by atoms with E-state index >= 15 is 0 Å². The van der Waals surface area contributed by atoms with Crippen LogP contribution in [0.15, 0.2) is 18.2 Å². The lowest BCUT2D eigenvalue weighted by Gasteiger charge is -2.33. The van der Waals surface area contributed by atoms with E-state index in [2.05, 4.69) is 49.3 Å². The van der Waals surface area contributed by atoms with Crippen molar-refractivity contribution in [3.63, 3.8) is 0 Å². The van der Waals surface area contributed by atoms with Gasteiger partial charge in [-0.3, -0.25) is 0 Å². The van der Waals surface area contributed by atoms with Crippen molar-refractivity contribution >= 4 is 5.69 Å². The van der Waals surface area contributed by atoms with Crippen LogP contribution in [0.4, 0.5) is 5.69 Å². The van der Waals surface area contributed by atoms with E-state index in [0.29, 0.717) is 6.04 Å². The van der Waals surface area contributed by atoms with Crippen LogP contribution in [0.3, 0.4) is 0 Å². The Morgan fingerprint density at radius 1 is 1.06 bits per heavy atom. The van der Waals surface area contributed by atoms with Gasteiger partial charge < -0.3 is 10.2 Å². The molecule has 1 aliphatic rings. The summed E-state index contributed by atoms with van der Waals surface area (Å²) in [4.78, 5) is 2.45. The van der Waals surface area contributed by atoms with Gasteiger partial charge in [-0.15, -0.1) is 0 Å². The fraction of sp³-hybridized carbons (Fsp3) is 0.571. The van der Waals surface area contributed by atoms with Crippen LogP contribution < -0.4 is 10.2 Å². The molecule has 2 heteroatoms. The van der Waals surface area contributed by atoms with Gasteiger partial charge in [0, 0.05) is 18.8 Å². The van der Waals surface area contributed by atoms with Crippen LogP contribution in [0.5, 0.6) is 0 Å². The van der Waals surface area contributed by atoms with Crippen molar-refractivity contribution in [2.75, 3.05) is 25.0 Å². The van der Waals surface area contributed by atoms with Crippen molar-refractivity contribution in [1.82, 2.24) is 5.32 Å². The van der Waals surface area contributed by atoms with Crippen LogP contribution in [0.25, 0.3) is 0 Å². The summed E-state index contributed by atoms with van der Waals surface area (Å²) in [6, 6.07) is 7.51. The SMILES string of the molecule is Cc1cc(C)cc(N(C)C2CCNCC2)c1. The Labute approximate surface area is 98.7 Å². The Morgan fingerprint density at radius 2 is 1.62 bits per heavy atom. The average molecular weight is 218 g/mol. The molecule has 88 valence electrons. The summed E-state index contributed by atoms with van der Waals surface area (Å²) in [7, 11) is 2.23. The van der Waals surface area contributed by atoms with Gasteiger partial charge in [0.15, 0.2) is 0 Å². The summed E-state index contributed by atoms with van der Waals surface area (Å²) in [6.45, 7) is 6.65. The van der Waals surface area contributed by atoms with Crippen LogP contribution in [0, 0.1) is 13.8 Å². The van der Waals surface area contributed by atoms with Crippen LogP contribution in [0.2, 0.25) is 0 Å². The van der Waals surface area contributed by atoms with Crippen molar-refractivity contribution in [1.29, 1.82) is 0 Å². The molecule has 1 heterocycles. The molecular weight excluding hydrogens is 196 g/mol. The lowest BCUT2D eigenvalue weighted by Crippen LogP contribution is -2.41. The largest absolute Gasteiger partial charge is 0.371 e. The standard InChI is InChI=1S/C14H22N2/c1-11-8-12(2)10-14(9-11)16(3)13-4-6-15-7-5-13/h8-10,13,15H,4-7H2,1-3H3. The van der Waals surface area contributed by atoms with E-state index in [1.165, 1.54) is 29.7 Å². The molecule has 0 aromatic heterocycles. The summed E-state index contributed by atoms with van der Waals surface area (Å²) in [5, 5.41) is 3.42. The lowest BCUT2D eigenvalue weighted by atomic mass is 10.0. The Kier molecular flexibility index (Phi) is 3.49. The van der Waals surface area contributed by atoms with Gasteiger partial charge in [0.1, 0.15) is 0 Å². The third-order valence-electron chi connectivity index (χ3n) is 3.47. The number of hydrogen-bond acceptors (Lipinski definition) is 2. The van der Waals surface area contributed by atoms with Crippen LogP contribution in [0.1, 0.15) is 24.0 Å². The molecule has 2 nitrogen and oxygen atoms in total. The normalized spacial score (nSPS) is 17.4. The minimum atomic E-state index is 0.697. The number of nitrogens with zero attached hydrogens (tertiary/aromatic N) is 1. The van der Waals surface area contributed by atoms with Gasteiger partial charge in [-0.1, -0.05) is 6.07 Å². The highest BCUT2D eigenvalue weighted by Crippen LogP contribution is 2.22. The predicted molar refractivity (Wildman–Crippen MR) is 70.2 cm³/mol. The third-order valence-corrected chi connectivity index (χ3v) is 3.47. The summed E-state index contributed by atoms with van der Waals surface area (Å²) in [6.07, 6.45) is 2.51. The number of rotatable bonds is 2. The molecule has 0 bridgehead atoms. The van der Waals surface area contributed by atoms with Crippen LogP contribution in [-0.4, -0.2) is 26.2 Å². The first-order valence-corrected chi connectivity index (χ1v) is 6.18. The van der Waals surface area contributed by atoms with Gasteiger partial charge in [0.05, 0.1) is 0 Å². The third kappa shape index (κ3) is 2.56. The number of anilines is 1. The highest BCUT2D eigenvalue weighted by molar-refractivity contribution is 5.51. The fourth-order valence-corrected chi connectivity index (χ4v) is 2.56. The van der Waals surface area contributed by atoms with Crippen molar-refractivity contribution in [2.24, 2.45) is 0 Å². The maximum absolute atomic E-state index is 3.42. The van der Waals surface area contributed by atoms with E-state index in [1.807, 2.05) is 0 Å². The minimum Gasteiger partial charge on any atom is -0.371 e. The topological polar surface area (TPSA) is 15.3 Å². The first-order valence-electron chi connectivity index (χ1n) is 6.18. The average Bonchev–Trinajstić information content (AvgIpc) is 2.28. The number of nitrogens with one attached hydrogen (secondary N) is 1. The molecule has 0 amide bonds. The first kappa shape index (κ1) is 11.5. The zero-order valence-corrected chi connectivity index (χ0v) is 10.6. The molecule has 1 saturated heterocycles. The Balaban J connectivity index is 2.15.